The number of ketones is 1. The number of benzene rings is 1. The minimum Gasteiger partial charge on any atom is -0.493 e. The number of hydrogen-bond acceptors (Lipinski definition) is 3. The van der Waals surface area contributed by atoms with Gasteiger partial charge in [0.05, 0.1) is 6.61 Å². The van der Waals surface area contributed by atoms with Crippen LogP contribution >= 0.6 is 0 Å². The predicted molar refractivity (Wildman–Crippen MR) is 95.4 cm³/mol. The first-order chi connectivity index (χ1) is 11.1. The summed E-state index contributed by atoms with van der Waals surface area (Å²) in [7, 11) is 0. The maximum Gasteiger partial charge on any atom is 0.164 e. The number of Topliss-reactive ketones (excluding diaryl/α,β-unsaturated/α-hetero) is 1. The van der Waals surface area contributed by atoms with E-state index in [0.717, 1.165) is 36.5 Å². The summed E-state index contributed by atoms with van der Waals surface area (Å²) < 4.78 is 5.78. The molecule has 0 spiro atoms. The molecular weight excluding hydrogens is 286 g/mol. The van der Waals surface area contributed by atoms with Gasteiger partial charge in [0.2, 0.25) is 0 Å². The van der Waals surface area contributed by atoms with Crippen molar-refractivity contribution in [1.29, 1.82) is 0 Å². The lowest BCUT2D eigenvalue weighted by Crippen LogP contribution is -2.27. The molecule has 1 aliphatic heterocycles. The fraction of sp³-hybridized carbons (Fsp3) is 0.650. The summed E-state index contributed by atoms with van der Waals surface area (Å²) in [6, 6.07) is 5.82. The Morgan fingerprint density at radius 1 is 1.17 bits per heavy atom. The van der Waals surface area contributed by atoms with Crippen molar-refractivity contribution in [2.24, 2.45) is 5.92 Å². The van der Waals surface area contributed by atoms with Crippen LogP contribution in [0.3, 0.4) is 0 Å². The van der Waals surface area contributed by atoms with Crippen molar-refractivity contribution in [2.45, 2.75) is 52.9 Å². The first kappa shape index (κ1) is 18.0. The van der Waals surface area contributed by atoms with Crippen molar-refractivity contribution in [3.63, 3.8) is 0 Å². The number of carbonyl (C=O) groups excluding carboxylic acids is 1. The SMILES string of the molecule is Cc1cc(C(=O)CCN2CCCCCC2)ccc1OCC(C)C. The van der Waals surface area contributed by atoms with Gasteiger partial charge >= 0.3 is 0 Å². The third-order valence-electron chi connectivity index (χ3n) is 4.42. The molecule has 3 heteroatoms. The summed E-state index contributed by atoms with van der Waals surface area (Å²) >= 11 is 0. The monoisotopic (exact) mass is 317 g/mol. The molecule has 1 saturated heterocycles. The van der Waals surface area contributed by atoms with Gasteiger partial charge in [-0.2, -0.15) is 0 Å². The Morgan fingerprint density at radius 2 is 1.87 bits per heavy atom. The van der Waals surface area contributed by atoms with Gasteiger partial charge in [-0.1, -0.05) is 26.7 Å². The zero-order chi connectivity index (χ0) is 16.7. The summed E-state index contributed by atoms with van der Waals surface area (Å²) in [6.45, 7) is 10.2. The molecule has 1 fully saturated rings. The number of aryl methyl sites for hydroxylation is 1. The highest BCUT2D eigenvalue weighted by Crippen LogP contribution is 2.21. The molecule has 0 saturated carbocycles. The lowest BCUT2D eigenvalue weighted by atomic mass is 10.0. The molecule has 1 heterocycles. The van der Waals surface area contributed by atoms with Gasteiger partial charge in [-0.25, -0.2) is 0 Å². The summed E-state index contributed by atoms with van der Waals surface area (Å²) in [4.78, 5) is 14.9. The number of likely N-dealkylation sites (tertiary alicyclic amines) is 1. The third kappa shape index (κ3) is 5.98. The minimum absolute atomic E-state index is 0.243. The lowest BCUT2D eigenvalue weighted by Gasteiger charge is -2.19. The zero-order valence-electron chi connectivity index (χ0n) is 14.9. The van der Waals surface area contributed by atoms with Crippen molar-refractivity contribution in [3.05, 3.63) is 29.3 Å². The van der Waals surface area contributed by atoms with Gasteiger partial charge in [0.25, 0.3) is 0 Å². The highest BCUT2D eigenvalue weighted by atomic mass is 16.5. The van der Waals surface area contributed by atoms with Crippen molar-refractivity contribution in [1.82, 2.24) is 4.90 Å². The van der Waals surface area contributed by atoms with E-state index >= 15 is 0 Å². The van der Waals surface area contributed by atoms with E-state index in [1.54, 1.807) is 0 Å². The van der Waals surface area contributed by atoms with Crippen LogP contribution in [0.1, 0.15) is 61.9 Å². The Balaban J connectivity index is 1.87. The number of carbonyl (C=O) groups is 1. The molecule has 0 bridgehead atoms. The Kier molecular flexibility index (Phi) is 7.10. The Labute approximate surface area is 141 Å². The van der Waals surface area contributed by atoms with E-state index < -0.39 is 0 Å². The molecule has 1 aromatic carbocycles. The van der Waals surface area contributed by atoms with Gasteiger partial charge in [-0.05, 0) is 62.5 Å². The summed E-state index contributed by atoms with van der Waals surface area (Å²) in [5.74, 6) is 1.64. The molecule has 0 aliphatic carbocycles. The van der Waals surface area contributed by atoms with E-state index in [1.165, 1.54) is 25.7 Å². The largest absolute Gasteiger partial charge is 0.493 e. The van der Waals surface area contributed by atoms with Crippen molar-refractivity contribution >= 4 is 5.78 Å². The molecule has 0 radical (unpaired) electrons. The molecule has 1 aliphatic rings. The highest BCUT2D eigenvalue weighted by Gasteiger charge is 2.13. The molecule has 0 N–H and O–H groups in total. The standard InChI is InChI=1S/C20H31NO2/c1-16(2)15-23-20-9-8-18(14-17(20)3)19(22)10-13-21-11-6-4-5-7-12-21/h8-9,14,16H,4-7,10-13,15H2,1-3H3. The van der Waals surface area contributed by atoms with Crippen LogP contribution in [0.2, 0.25) is 0 Å². The van der Waals surface area contributed by atoms with E-state index in [9.17, 15) is 4.79 Å². The van der Waals surface area contributed by atoms with Crippen LogP contribution < -0.4 is 4.74 Å². The summed E-state index contributed by atoms with van der Waals surface area (Å²) in [5.41, 5.74) is 1.86. The van der Waals surface area contributed by atoms with Crippen molar-refractivity contribution in [2.75, 3.05) is 26.2 Å². The van der Waals surface area contributed by atoms with Gasteiger partial charge in [-0.15, -0.1) is 0 Å². The molecular formula is C20H31NO2. The average molecular weight is 317 g/mol. The average Bonchev–Trinajstić information content (AvgIpc) is 2.80. The van der Waals surface area contributed by atoms with Crippen LogP contribution in [0, 0.1) is 12.8 Å². The van der Waals surface area contributed by atoms with Crippen LogP contribution in [0.5, 0.6) is 5.75 Å². The third-order valence-corrected chi connectivity index (χ3v) is 4.42. The zero-order valence-corrected chi connectivity index (χ0v) is 14.9. The second-order valence-corrected chi connectivity index (χ2v) is 7.11. The smallest absolute Gasteiger partial charge is 0.164 e. The topological polar surface area (TPSA) is 29.5 Å². The molecule has 23 heavy (non-hydrogen) atoms. The van der Waals surface area contributed by atoms with E-state index in [2.05, 4.69) is 18.7 Å². The predicted octanol–water partition coefficient (Wildman–Crippen LogP) is 4.48. The molecule has 128 valence electrons. The van der Waals surface area contributed by atoms with Crippen LogP contribution in [-0.2, 0) is 0 Å². The highest BCUT2D eigenvalue weighted by molar-refractivity contribution is 5.96. The Bertz CT molecular complexity index is 502. The summed E-state index contributed by atoms with van der Waals surface area (Å²) in [6.07, 6.45) is 5.83. The van der Waals surface area contributed by atoms with Crippen molar-refractivity contribution in [3.8, 4) is 5.75 Å². The van der Waals surface area contributed by atoms with Gasteiger partial charge in [0.1, 0.15) is 5.75 Å². The number of hydrogen-bond donors (Lipinski definition) is 0. The first-order valence-electron chi connectivity index (χ1n) is 9.05. The van der Waals surface area contributed by atoms with Gasteiger partial charge in [-0.3, -0.25) is 4.79 Å². The molecule has 3 nitrogen and oxygen atoms in total. The molecule has 0 unspecified atom stereocenters. The van der Waals surface area contributed by atoms with Crippen LogP contribution in [0.15, 0.2) is 18.2 Å². The maximum absolute atomic E-state index is 12.4. The lowest BCUT2D eigenvalue weighted by molar-refractivity contribution is 0.0964. The molecule has 1 aromatic rings. The van der Waals surface area contributed by atoms with E-state index in [-0.39, 0.29) is 5.78 Å². The quantitative estimate of drug-likeness (QED) is 0.695. The normalized spacial score (nSPS) is 16.3. The van der Waals surface area contributed by atoms with Crippen molar-refractivity contribution < 1.29 is 9.53 Å². The van der Waals surface area contributed by atoms with Crippen LogP contribution in [-0.4, -0.2) is 36.9 Å². The van der Waals surface area contributed by atoms with E-state index in [1.807, 2.05) is 25.1 Å². The van der Waals surface area contributed by atoms with E-state index in [0.29, 0.717) is 18.9 Å². The Hall–Kier alpha value is -1.35. The first-order valence-corrected chi connectivity index (χ1v) is 9.05. The molecule has 0 aromatic heterocycles. The van der Waals surface area contributed by atoms with Crippen LogP contribution in [0.25, 0.3) is 0 Å². The second-order valence-electron chi connectivity index (χ2n) is 7.11. The number of ether oxygens (including phenoxy) is 1. The fourth-order valence-corrected chi connectivity index (χ4v) is 3.01. The Morgan fingerprint density at radius 3 is 2.48 bits per heavy atom. The van der Waals surface area contributed by atoms with Gasteiger partial charge in [0, 0.05) is 18.5 Å². The molecule has 0 amide bonds. The van der Waals surface area contributed by atoms with Gasteiger partial charge < -0.3 is 9.64 Å². The number of rotatable bonds is 7. The maximum atomic E-state index is 12.4. The summed E-state index contributed by atoms with van der Waals surface area (Å²) in [5, 5.41) is 0. The number of nitrogens with zero attached hydrogens (tertiary/aromatic N) is 1. The van der Waals surface area contributed by atoms with Gasteiger partial charge in [0.15, 0.2) is 5.78 Å². The minimum atomic E-state index is 0.243. The second kappa shape index (κ2) is 9.07. The van der Waals surface area contributed by atoms with E-state index in [4.69, 9.17) is 4.74 Å². The molecule has 2 rings (SSSR count). The molecule has 0 atom stereocenters. The fourth-order valence-electron chi connectivity index (χ4n) is 3.01. The van der Waals surface area contributed by atoms with Crippen LogP contribution in [0.4, 0.5) is 0 Å².